The summed E-state index contributed by atoms with van der Waals surface area (Å²) in [5.74, 6) is 1.60. The topological polar surface area (TPSA) is 33.7 Å². The van der Waals surface area contributed by atoms with Crippen LogP contribution in [0.4, 0.5) is 0 Å². The molecule has 0 radical (unpaired) electrons. The molecule has 3 unspecified atom stereocenters. The van der Waals surface area contributed by atoms with Gasteiger partial charge in [-0.25, -0.2) is 0 Å². The van der Waals surface area contributed by atoms with Gasteiger partial charge in [-0.1, -0.05) is 6.07 Å². The van der Waals surface area contributed by atoms with Crippen molar-refractivity contribution in [3.05, 3.63) is 23.8 Å². The van der Waals surface area contributed by atoms with Gasteiger partial charge < -0.3 is 14.8 Å². The maximum absolute atomic E-state index is 5.39. The molecule has 1 aromatic carbocycles. The molecule has 0 aromatic heterocycles. The molecule has 21 heavy (non-hydrogen) atoms. The first kappa shape index (κ1) is 16.1. The average Bonchev–Trinajstić information content (AvgIpc) is 2.46. The minimum absolute atomic E-state index is 0.523. The van der Waals surface area contributed by atoms with E-state index in [0.29, 0.717) is 18.1 Å². The van der Waals surface area contributed by atoms with Crippen LogP contribution in [0.2, 0.25) is 0 Å². The van der Waals surface area contributed by atoms with Crippen LogP contribution in [0.5, 0.6) is 11.5 Å². The molecule has 0 spiro atoms. The lowest BCUT2D eigenvalue weighted by atomic mass is 10.0. The van der Waals surface area contributed by atoms with E-state index in [1.165, 1.54) is 5.56 Å². The number of hydrogen-bond acceptors (Lipinski definition) is 4. The zero-order valence-electron chi connectivity index (χ0n) is 13.8. The van der Waals surface area contributed by atoms with Crippen molar-refractivity contribution >= 4 is 0 Å². The minimum atomic E-state index is 0.523. The van der Waals surface area contributed by atoms with Gasteiger partial charge in [-0.05, 0) is 44.9 Å². The van der Waals surface area contributed by atoms with Crippen molar-refractivity contribution in [3.8, 4) is 11.5 Å². The molecule has 0 saturated carbocycles. The van der Waals surface area contributed by atoms with Crippen molar-refractivity contribution in [2.45, 2.75) is 45.3 Å². The van der Waals surface area contributed by atoms with Crippen LogP contribution >= 0.6 is 0 Å². The van der Waals surface area contributed by atoms with Crippen LogP contribution in [0, 0.1) is 0 Å². The van der Waals surface area contributed by atoms with Gasteiger partial charge in [0.1, 0.15) is 0 Å². The van der Waals surface area contributed by atoms with E-state index in [1.54, 1.807) is 14.2 Å². The van der Waals surface area contributed by atoms with E-state index in [-0.39, 0.29) is 0 Å². The molecular formula is C17H28N2O2. The van der Waals surface area contributed by atoms with Crippen molar-refractivity contribution in [1.82, 2.24) is 10.2 Å². The highest BCUT2D eigenvalue weighted by Gasteiger charge is 2.24. The molecule has 3 atom stereocenters. The first-order chi connectivity index (χ1) is 10.0. The molecule has 118 valence electrons. The summed E-state index contributed by atoms with van der Waals surface area (Å²) in [6.07, 6.45) is 1.03. The second-order valence-corrected chi connectivity index (χ2v) is 6.17. The van der Waals surface area contributed by atoms with Crippen LogP contribution in [0.25, 0.3) is 0 Å². The lowest BCUT2D eigenvalue weighted by Crippen LogP contribution is -2.56. The molecule has 1 heterocycles. The Morgan fingerprint density at radius 2 is 1.76 bits per heavy atom. The summed E-state index contributed by atoms with van der Waals surface area (Å²) in [6, 6.07) is 7.85. The second kappa shape index (κ2) is 7.14. The lowest BCUT2D eigenvalue weighted by Gasteiger charge is -2.39. The third-order valence-corrected chi connectivity index (χ3v) is 4.19. The number of piperazine rings is 1. The summed E-state index contributed by atoms with van der Waals surface area (Å²) in [7, 11) is 3.36. The molecule has 1 aliphatic heterocycles. The molecular weight excluding hydrogens is 264 g/mol. The van der Waals surface area contributed by atoms with Crippen molar-refractivity contribution in [3.63, 3.8) is 0 Å². The summed E-state index contributed by atoms with van der Waals surface area (Å²) in [5.41, 5.74) is 1.29. The summed E-state index contributed by atoms with van der Waals surface area (Å²) in [4.78, 5) is 2.57. The van der Waals surface area contributed by atoms with Gasteiger partial charge in [0.2, 0.25) is 0 Å². The Hall–Kier alpha value is -1.26. The molecule has 1 N–H and O–H groups in total. The Morgan fingerprint density at radius 1 is 1.14 bits per heavy atom. The van der Waals surface area contributed by atoms with Crippen LogP contribution < -0.4 is 14.8 Å². The SMILES string of the molecule is COc1ccc(CC(C)N2CC(C)NC(C)C2)cc1OC. The van der Waals surface area contributed by atoms with Gasteiger partial charge >= 0.3 is 0 Å². The highest BCUT2D eigenvalue weighted by molar-refractivity contribution is 5.43. The van der Waals surface area contributed by atoms with E-state index in [0.717, 1.165) is 31.0 Å². The highest BCUT2D eigenvalue weighted by atomic mass is 16.5. The quantitative estimate of drug-likeness (QED) is 0.903. The summed E-state index contributed by atoms with van der Waals surface area (Å²) in [5, 5.41) is 3.58. The molecule has 2 rings (SSSR count). The van der Waals surface area contributed by atoms with Crippen LogP contribution in [-0.4, -0.2) is 50.3 Å². The zero-order valence-corrected chi connectivity index (χ0v) is 13.8. The van der Waals surface area contributed by atoms with Crippen molar-refractivity contribution < 1.29 is 9.47 Å². The molecule has 1 fully saturated rings. The molecule has 0 aliphatic carbocycles. The molecule has 0 bridgehead atoms. The number of hydrogen-bond donors (Lipinski definition) is 1. The Morgan fingerprint density at radius 3 is 2.33 bits per heavy atom. The smallest absolute Gasteiger partial charge is 0.160 e. The predicted molar refractivity (Wildman–Crippen MR) is 86.3 cm³/mol. The largest absolute Gasteiger partial charge is 0.493 e. The van der Waals surface area contributed by atoms with Gasteiger partial charge in [-0.15, -0.1) is 0 Å². The third kappa shape index (κ3) is 4.11. The monoisotopic (exact) mass is 292 g/mol. The Balaban J connectivity index is 2.03. The Labute approximate surface area is 128 Å². The van der Waals surface area contributed by atoms with Crippen LogP contribution in [0.3, 0.4) is 0 Å². The van der Waals surface area contributed by atoms with Gasteiger partial charge in [0.15, 0.2) is 11.5 Å². The van der Waals surface area contributed by atoms with E-state index in [4.69, 9.17) is 9.47 Å². The standard InChI is InChI=1S/C17H28N2O2/c1-12-10-19(11-13(2)18-12)14(3)8-15-6-7-16(20-4)17(9-15)21-5/h6-7,9,12-14,18H,8,10-11H2,1-5H3. The van der Waals surface area contributed by atoms with Crippen LogP contribution in [-0.2, 0) is 6.42 Å². The molecule has 0 amide bonds. The lowest BCUT2D eigenvalue weighted by molar-refractivity contribution is 0.130. The second-order valence-electron chi connectivity index (χ2n) is 6.17. The van der Waals surface area contributed by atoms with Crippen LogP contribution in [0.1, 0.15) is 26.3 Å². The first-order valence-corrected chi connectivity index (χ1v) is 7.74. The summed E-state index contributed by atoms with van der Waals surface area (Å²) in [6.45, 7) is 9.04. The number of ether oxygens (including phenoxy) is 2. The maximum Gasteiger partial charge on any atom is 0.160 e. The Kier molecular flexibility index (Phi) is 5.48. The Bertz CT molecular complexity index is 454. The fourth-order valence-corrected chi connectivity index (χ4v) is 3.21. The van der Waals surface area contributed by atoms with Crippen molar-refractivity contribution in [2.24, 2.45) is 0 Å². The fraction of sp³-hybridized carbons (Fsp3) is 0.647. The number of benzene rings is 1. The summed E-state index contributed by atoms with van der Waals surface area (Å²) < 4.78 is 10.7. The molecule has 4 heteroatoms. The first-order valence-electron chi connectivity index (χ1n) is 7.74. The minimum Gasteiger partial charge on any atom is -0.493 e. The van der Waals surface area contributed by atoms with Crippen LogP contribution in [0.15, 0.2) is 18.2 Å². The molecule has 1 saturated heterocycles. The van der Waals surface area contributed by atoms with E-state index >= 15 is 0 Å². The van der Waals surface area contributed by atoms with Gasteiger partial charge in [-0.3, -0.25) is 4.90 Å². The number of methoxy groups -OCH3 is 2. The summed E-state index contributed by atoms with van der Waals surface area (Å²) >= 11 is 0. The maximum atomic E-state index is 5.39. The number of nitrogens with one attached hydrogen (secondary N) is 1. The van der Waals surface area contributed by atoms with E-state index in [2.05, 4.69) is 43.1 Å². The van der Waals surface area contributed by atoms with Crippen molar-refractivity contribution in [1.29, 1.82) is 0 Å². The predicted octanol–water partition coefficient (Wildman–Crippen LogP) is 2.32. The average molecular weight is 292 g/mol. The normalized spacial score (nSPS) is 24.6. The fourth-order valence-electron chi connectivity index (χ4n) is 3.21. The molecule has 1 aliphatic rings. The van der Waals surface area contributed by atoms with Gasteiger partial charge in [0.25, 0.3) is 0 Å². The number of nitrogens with zero attached hydrogens (tertiary/aromatic N) is 1. The van der Waals surface area contributed by atoms with E-state index < -0.39 is 0 Å². The third-order valence-electron chi connectivity index (χ3n) is 4.19. The zero-order chi connectivity index (χ0) is 15.4. The van der Waals surface area contributed by atoms with Gasteiger partial charge in [0.05, 0.1) is 14.2 Å². The van der Waals surface area contributed by atoms with Gasteiger partial charge in [0, 0.05) is 31.2 Å². The van der Waals surface area contributed by atoms with Gasteiger partial charge in [-0.2, -0.15) is 0 Å². The number of rotatable bonds is 5. The van der Waals surface area contributed by atoms with E-state index in [9.17, 15) is 0 Å². The molecule has 4 nitrogen and oxygen atoms in total. The van der Waals surface area contributed by atoms with Crippen molar-refractivity contribution in [2.75, 3.05) is 27.3 Å². The van der Waals surface area contributed by atoms with E-state index in [1.807, 2.05) is 6.07 Å². The highest BCUT2D eigenvalue weighted by Crippen LogP contribution is 2.28. The molecule has 1 aromatic rings.